The molecule has 4 amide bonds. The Morgan fingerprint density at radius 1 is 0.430 bits per heavy atom. The summed E-state index contributed by atoms with van der Waals surface area (Å²) < 4.78 is 107. The Hall–Kier alpha value is -4.29. The molecule has 51 heteroatoms. The van der Waals surface area contributed by atoms with E-state index in [1.165, 1.54) is 13.8 Å². The van der Waals surface area contributed by atoms with Gasteiger partial charge < -0.3 is 224 Å². The lowest BCUT2D eigenvalue weighted by molar-refractivity contribution is -0.506. The summed E-state index contributed by atoms with van der Waals surface area (Å²) in [5, 5.41) is 279. The van der Waals surface area contributed by atoms with Crippen LogP contribution in [0.2, 0.25) is 0 Å². The first kappa shape index (κ1) is 98.9. The van der Waals surface area contributed by atoms with E-state index in [1.54, 1.807) is 0 Å². The van der Waals surface area contributed by atoms with E-state index in [0.29, 0.717) is 0 Å². The largest absolute Gasteiger partial charge is 0.410 e. The van der Waals surface area contributed by atoms with Crippen LogP contribution in [-0.2, 0) is 109 Å². The third kappa shape index (κ3) is 21.5. The molecule has 9 heterocycles. The number of aliphatic hydroxyl groups is 24. The molecule has 47 atom stereocenters. The zero-order chi connectivity index (χ0) is 89.0. The van der Waals surface area contributed by atoms with Crippen LogP contribution < -0.4 is 21.3 Å². The van der Waals surface area contributed by atoms with Gasteiger partial charge in [-0.25, -0.2) is 0 Å². The number of ether oxygens (including phenoxy) is 18. The standard InChI is InChI=1S/C70H116N4O47/c1-20-27(87)9-70(106-19-82,120-56(20)43(90)28(88)11-75)121-69(103)10-29-37(69)48(95)54(101)66(108-29)116-58-34(16-80)112-63(40(51(58)98)73-24(5)85)104-8-7-26-42(89)44(91)30(12-76)109-62(26)105-18-36-47(94)60(118-68-61(53(100)46(93)32(14-78)111-68)119-64-39(72-23(4)84)49(96)45(92)31(13-77)110-64)55(102)67(114-36)117-59-35(17-81)113-65(41(52(59)99)74-25(6)86)115-57-33(15-79)107-21(2)38(50(57)97)71-22(3)83/h19-21,26-68,75-81,87-103H,7-18H2,1-6H3,(H,71,83)(H,72,84)(H,73,85)(H,74,86)/t20-,21+,26?,27-,28-,29?,30?,31?,32?,33?,34+,35?,36?,37+,38?,39?,40?,41?,42-,43-,44-,45-,46-,47-,48+,49-,50-,51?,52-,53?,54?,55?,56?,57-,58-,59-,60+,61?,62+,63-,64+,65+,66+,67+,68-,69?,70+/m1/s1. The molecule has 1 aliphatic carbocycles. The van der Waals surface area contributed by atoms with Crippen molar-refractivity contribution in [2.75, 3.05) is 59.5 Å². The van der Waals surface area contributed by atoms with Crippen LogP contribution in [0.3, 0.4) is 0 Å². The average Bonchev–Trinajstić information content (AvgIpc) is 0.711. The Morgan fingerprint density at radius 2 is 0.860 bits per heavy atom. The van der Waals surface area contributed by atoms with E-state index in [1.807, 2.05) is 0 Å². The number of hydrogen-bond acceptors (Lipinski definition) is 47. The number of rotatable bonds is 34. The predicted molar refractivity (Wildman–Crippen MR) is 378 cm³/mol. The summed E-state index contributed by atoms with van der Waals surface area (Å²) in [5.74, 6) is -12.8. The maximum Gasteiger partial charge on any atom is 0.334 e. The molecule has 0 bridgehead atoms. The summed E-state index contributed by atoms with van der Waals surface area (Å²) in [6, 6.07) is -6.47. The highest BCUT2D eigenvalue weighted by Gasteiger charge is 2.69. The average molecular weight is 1770 g/mol. The topological polar surface area (TPSA) is 785 Å². The van der Waals surface area contributed by atoms with Crippen LogP contribution in [-0.4, -0.2) is 481 Å². The van der Waals surface area contributed by atoms with Gasteiger partial charge >= 0.3 is 5.97 Å². The highest BCUT2D eigenvalue weighted by molar-refractivity contribution is 5.74. The van der Waals surface area contributed by atoms with E-state index < -0.39 is 389 Å². The summed E-state index contributed by atoms with van der Waals surface area (Å²) in [5.41, 5.74) is 0. The van der Waals surface area contributed by atoms with Crippen LogP contribution in [0.25, 0.3) is 0 Å². The fourth-order valence-corrected chi connectivity index (χ4v) is 16.9. The lowest BCUT2D eigenvalue weighted by Gasteiger charge is -2.59. The molecule has 0 radical (unpaired) electrons. The Labute approximate surface area is 688 Å². The minimum absolute atomic E-state index is 0.182. The van der Waals surface area contributed by atoms with Gasteiger partial charge in [0.25, 0.3) is 6.47 Å². The van der Waals surface area contributed by atoms with Crippen molar-refractivity contribution in [3.05, 3.63) is 0 Å². The van der Waals surface area contributed by atoms with E-state index in [0.717, 1.165) is 27.7 Å². The first-order chi connectivity index (χ1) is 57.2. The molecule has 698 valence electrons. The van der Waals surface area contributed by atoms with Gasteiger partial charge in [-0.1, -0.05) is 6.92 Å². The fourth-order valence-electron chi connectivity index (χ4n) is 16.9. The van der Waals surface area contributed by atoms with Gasteiger partial charge in [-0.05, 0) is 13.3 Å². The van der Waals surface area contributed by atoms with Gasteiger partial charge in [0.1, 0.15) is 171 Å². The molecular formula is C70H116N4O47. The highest BCUT2D eigenvalue weighted by atomic mass is 16.9. The van der Waals surface area contributed by atoms with Gasteiger partial charge in [0.2, 0.25) is 23.6 Å². The Kier molecular flexibility index (Phi) is 34.6. The number of carbonyl (C=O) groups is 5. The highest BCUT2D eigenvalue weighted by Crippen LogP contribution is 2.53. The Balaban J connectivity index is 0.887. The minimum Gasteiger partial charge on any atom is -0.410 e. The van der Waals surface area contributed by atoms with Crippen molar-refractivity contribution in [3.63, 3.8) is 0 Å². The van der Waals surface area contributed by atoms with E-state index >= 15 is 0 Å². The van der Waals surface area contributed by atoms with Gasteiger partial charge in [0, 0.05) is 46.0 Å². The van der Waals surface area contributed by atoms with Gasteiger partial charge in [-0.15, -0.1) is 0 Å². The first-order valence-electron chi connectivity index (χ1n) is 39.4. The molecule has 9 saturated heterocycles. The van der Waals surface area contributed by atoms with Gasteiger partial charge in [-0.3, -0.25) is 28.7 Å². The van der Waals surface area contributed by atoms with Crippen molar-refractivity contribution in [2.24, 2.45) is 17.8 Å². The van der Waals surface area contributed by atoms with Crippen molar-refractivity contribution in [3.8, 4) is 0 Å². The number of nitrogens with one attached hydrogen (secondary N) is 4. The van der Waals surface area contributed by atoms with Gasteiger partial charge in [0.05, 0.1) is 114 Å². The van der Waals surface area contributed by atoms with E-state index in [9.17, 15) is 147 Å². The normalized spacial score (nSPS) is 48.2. The van der Waals surface area contributed by atoms with Crippen molar-refractivity contribution in [1.82, 2.24) is 21.3 Å². The molecule has 10 aliphatic rings. The number of fused-ring (bicyclic) bond motifs is 1. The molecule has 0 spiro atoms. The molecule has 51 nitrogen and oxygen atoms in total. The number of aliphatic hydroxyl groups excluding tert-OH is 23. The smallest absolute Gasteiger partial charge is 0.334 e. The molecule has 10 rings (SSSR count). The quantitative estimate of drug-likeness (QED) is 0.0210. The fraction of sp³-hybridized carbons (Fsp3) is 0.929. The van der Waals surface area contributed by atoms with E-state index in [-0.39, 0.29) is 6.47 Å². The van der Waals surface area contributed by atoms with Crippen molar-refractivity contribution >= 4 is 30.1 Å². The molecule has 0 aromatic heterocycles. The zero-order valence-corrected chi connectivity index (χ0v) is 66.2. The number of amides is 4. The van der Waals surface area contributed by atoms with Crippen LogP contribution in [0, 0.1) is 17.8 Å². The zero-order valence-electron chi connectivity index (χ0n) is 66.2. The maximum absolute atomic E-state index is 13.0. The van der Waals surface area contributed by atoms with Crippen LogP contribution >= 0.6 is 0 Å². The number of carbonyl (C=O) groups excluding carboxylic acids is 5. The summed E-state index contributed by atoms with van der Waals surface area (Å²) >= 11 is 0. The lowest BCUT2D eigenvalue weighted by Crippen LogP contribution is -2.74. The summed E-state index contributed by atoms with van der Waals surface area (Å²) in [4.78, 5) is 62.5. The van der Waals surface area contributed by atoms with E-state index in [4.69, 9.17) is 85.3 Å². The SMILES string of the molecule is CC(=O)NC1C(O)[C@H](O[C@@H]2OC3CC(O)(O[C@]4(OC=O)C[C@@H](O)[C@@H](C)C([C@H](O)[C@H](O)CO)O4)[C@@H]3[C@H](O)C2O)[C@H](CO)O[C@H]1OCCC1[C@@H](OCC2O[C@@H](O[C@@H]3C(CO)O[C@@H](O[C@@H]4C(CO)O[C@@H](C)C(NC(C)=O)[C@H]4O)C(NC(C)=O)[C@H]3O)C(O)[C@@H](O[C@H]3OC(CO)[C@@H](O)C(O)C3O[C@@H]3OC(CO)[C@@H](O)[C@H](O)C3NC(C)=O)[C@@H]2O)OC(CO)[C@@H](O)[C@@H]1O. The molecule has 121 heavy (non-hydrogen) atoms. The van der Waals surface area contributed by atoms with Crippen molar-refractivity contribution in [1.29, 1.82) is 0 Å². The first-order valence-corrected chi connectivity index (χ1v) is 39.4. The van der Waals surface area contributed by atoms with Crippen LogP contribution in [0.5, 0.6) is 0 Å². The lowest BCUT2D eigenvalue weighted by atomic mass is 9.68. The van der Waals surface area contributed by atoms with Gasteiger partial charge in [-0.2, -0.15) is 0 Å². The predicted octanol–water partition coefficient (Wildman–Crippen LogP) is -17.5. The van der Waals surface area contributed by atoms with Crippen LogP contribution in [0.1, 0.15) is 60.8 Å². The molecule has 28 N–H and O–H groups in total. The van der Waals surface area contributed by atoms with Crippen LogP contribution in [0.4, 0.5) is 0 Å². The third-order valence-corrected chi connectivity index (χ3v) is 23.4. The molecule has 9 aliphatic heterocycles. The molecule has 0 aromatic rings. The second-order valence-electron chi connectivity index (χ2n) is 31.7. The maximum atomic E-state index is 13.0. The van der Waals surface area contributed by atoms with Gasteiger partial charge in [0.15, 0.2) is 49.8 Å². The molecule has 10 fully saturated rings. The van der Waals surface area contributed by atoms with Crippen molar-refractivity contribution in [2.45, 2.75) is 330 Å². The van der Waals surface area contributed by atoms with E-state index in [2.05, 4.69) is 21.3 Å². The Bertz CT molecular complexity index is 3320. The second-order valence-corrected chi connectivity index (χ2v) is 31.7. The molecule has 1 saturated carbocycles. The molecule has 0 aromatic carbocycles. The second kappa shape index (κ2) is 42.3. The number of hydrogen-bond donors (Lipinski definition) is 28. The molecule has 19 unspecified atom stereocenters. The minimum atomic E-state index is -2.73. The summed E-state index contributed by atoms with van der Waals surface area (Å²) in [6.45, 7) is -1.95. The summed E-state index contributed by atoms with van der Waals surface area (Å²) in [6.07, 6.45) is -74.5. The monoisotopic (exact) mass is 1760 g/mol. The third-order valence-electron chi connectivity index (χ3n) is 23.4. The molecular weight excluding hydrogens is 1650 g/mol. The van der Waals surface area contributed by atoms with Crippen LogP contribution in [0.15, 0.2) is 0 Å². The Morgan fingerprint density at radius 3 is 1.39 bits per heavy atom. The van der Waals surface area contributed by atoms with Crippen molar-refractivity contribution < 1.29 is 232 Å². The summed E-state index contributed by atoms with van der Waals surface area (Å²) in [7, 11) is 0.